The third-order valence-electron chi connectivity index (χ3n) is 12.0. The Morgan fingerprint density at radius 1 is 0.758 bits per heavy atom. The number of nitrogens with zero attached hydrogens (tertiary/aromatic N) is 4. The number of nitrogens with two attached hydrogens (primary N) is 1. The lowest BCUT2D eigenvalue weighted by atomic mass is 9.87. The van der Waals surface area contributed by atoms with Gasteiger partial charge in [-0.3, -0.25) is 39.0 Å². The van der Waals surface area contributed by atoms with Gasteiger partial charge in [0.15, 0.2) is 0 Å². The number of likely N-dealkylation sites (tertiary alicyclic amines) is 1. The van der Waals surface area contributed by atoms with Crippen LogP contribution in [-0.4, -0.2) is 139 Å². The van der Waals surface area contributed by atoms with Crippen LogP contribution in [0, 0.1) is 5.92 Å². The van der Waals surface area contributed by atoms with Crippen LogP contribution >= 0.6 is 11.8 Å². The Labute approximate surface area is 385 Å². The number of para-hydroxylation sites is 1. The van der Waals surface area contributed by atoms with Crippen LogP contribution in [0.5, 0.6) is 11.5 Å². The number of primary amides is 1. The van der Waals surface area contributed by atoms with E-state index in [4.69, 9.17) is 34.5 Å². The Morgan fingerprint density at radius 2 is 1.44 bits per heavy atom. The van der Waals surface area contributed by atoms with Crippen LogP contribution in [-0.2, 0) is 33.3 Å². The number of thioether (sulfide) groups is 1. The Hall–Kier alpha value is -6.12. The summed E-state index contributed by atoms with van der Waals surface area (Å²) < 4.78 is 30.4. The molecule has 6 amide bonds. The third-order valence-corrected chi connectivity index (χ3v) is 13.0. The van der Waals surface area contributed by atoms with Gasteiger partial charge in [-0.1, -0.05) is 24.3 Å². The largest absolute Gasteiger partial charge is 0.457 e. The van der Waals surface area contributed by atoms with Crippen LogP contribution in [0.4, 0.5) is 5.82 Å². The summed E-state index contributed by atoms with van der Waals surface area (Å²) in [4.78, 5) is 79.5. The Balaban J connectivity index is 0.678. The smallest absolute Gasteiger partial charge is 0.263 e. The van der Waals surface area contributed by atoms with Gasteiger partial charge in [0, 0.05) is 42.3 Å². The quantitative estimate of drug-likeness (QED) is 0.0603. The Bertz CT molecular complexity index is 2410. The van der Waals surface area contributed by atoms with E-state index in [-0.39, 0.29) is 55.0 Å². The molecule has 18 nitrogen and oxygen atoms in total. The monoisotopic (exact) mass is 923 g/mol. The Morgan fingerprint density at radius 3 is 2.14 bits per heavy atom. The first kappa shape index (κ1) is 46.4. The number of fused-ring (bicyclic) bond motifs is 2. The average Bonchev–Trinajstić information content (AvgIpc) is 3.84. The SMILES string of the molecule is NC(=O)c1c(-c2ccc(Oc3ccccc3)cc2)nn2c1NCCC2C1CCN(C(=O)COCCOCCOCCOCCSc2cccc3c2C(=O)N(C2CCC(=O)NC2=O)C3=O)CC1. The summed E-state index contributed by atoms with van der Waals surface area (Å²) in [7, 11) is 0. The molecule has 0 spiro atoms. The maximum atomic E-state index is 13.3. The van der Waals surface area contributed by atoms with Gasteiger partial charge in [0.05, 0.1) is 63.4 Å². The molecule has 2 saturated heterocycles. The summed E-state index contributed by atoms with van der Waals surface area (Å²) in [6, 6.07) is 21.0. The van der Waals surface area contributed by atoms with Crippen molar-refractivity contribution in [2.45, 2.75) is 49.1 Å². The van der Waals surface area contributed by atoms with E-state index >= 15 is 0 Å². The highest BCUT2D eigenvalue weighted by Crippen LogP contribution is 2.40. The molecule has 4 aromatic rings. The second kappa shape index (κ2) is 21.9. The second-order valence-corrected chi connectivity index (χ2v) is 17.3. The molecule has 1 aromatic heterocycles. The second-order valence-electron chi connectivity index (χ2n) is 16.2. The van der Waals surface area contributed by atoms with E-state index in [2.05, 4.69) is 10.6 Å². The number of hydrogen-bond acceptors (Lipinski definition) is 14. The van der Waals surface area contributed by atoms with E-state index in [1.807, 2.05) is 64.2 Å². The molecular formula is C47H53N7O11S. The summed E-state index contributed by atoms with van der Waals surface area (Å²) in [6.07, 6.45) is 2.59. The minimum absolute atomic E-state index is 0.0285. The van der Waals surface area contributed by atoms with Gasteiger partial charge in [0.1, 0.15) is 41.2 Å². The van der Waals surface area contributed by atoms with Crippen molar-refractivity contribution in [2.75, 3.05) is 83.6 Å². The summed E-state index contributed by atoms with van der Waals surface area (Å²) in [5, 5.41) is 10.5. The molecule has 0 radical (unpaired) electrons. The number of carbonyl (C=O) groups excluding carboxylic acids is 6. The van der Waals surface area contributed by atoms with Crippen LogP contribution in [0.2, 0.25) is 0 Å². The van der Waals surface area contributed by atoms with Crippen molar-refractivity contribution in [3.05, 3.63) is 89.5 Å². The molecule has 4 N–H and O–H groups in total. The highest BCUT2D eigenvalue weighted by Gasteiger charge is 2.45. The number of imide groups is 2. The number of rotatable bonds is 21. The molecule has 0 bridgehead atoms. The number of ether oxygens (including phenoxy) is 5. The van der Waals surface area contributed by atoms with Gasteiger partial charge in [-0.05, 0) is 80.1 Å². The van der Waals surface area contributed by atoms with Crippen molar-refractivity contribution in [3.8, 4) is 22.8 Å². The highest BCUT2D eigenvalue weighted by molar-refractivity contribution is 7.99. The number of piperidine rings is 2. The molecule has 348 valence electrons. The molecule has 66 heavy (non-hydrogen) atoms. The van der Waals surface area contributed by atoms with E-state index in [0.29, 0.717) is 92.7 Å². The lowest BCUT2D eigenvalue weighted by molar-refractivity contribution is -0.138. The molecule has 4 aliphatic heterocycles. The van der Waals surface area contributed by atoms with Crippen molar-refractivity contribution >= 4 is 53.0 Å². The number of nitrogens with one attached hydrogen (secondary N) is 2. The maximum Gasteiger partial charge on any atom is 0.263 e. The normalized spacial score (nSPS) is 18.5. The molecule has 2 fully saturated rings. The van der Waals surface area contributed by atoms with Gasteiger partial charge in [0.2, 0.25) is 17.7 Å². The van der Waals surface area contributed by atoms with Crippen LogP contribution < -0.4 is 21.1 Å². The average molecular weight is 924 g/mol. The number of hydrogen-bond donors (Lipinski definition) is 3. The van der Waals surface area contributed by atoms with Crippen molar-refractivity contribution in [1.29, 1.82) is 0 Å². The number of anilines is 1. The van der Waals surface area contributed by atoms with Gasteiger partial charge < -0.3 is 39.6 Å². The van der Waals surface area contributed by atoms with Gasteiger partial charge in [-0.2, -0.15) is 5.10 Å². The first-order valence-electron chi connectivity index (χ1n) is 22.2. The van der Waals surface area contributed by atoms with E-state index in [9.17, 15) is 28.8 Å². The summed E-state index contributed by atoms with van der Waals surface area (Å²) in [5.74, 6) is 0.0712. The minimum atomic E-state index is -1.01. The summed E-state index contributed by atoms with van der Waals surface area (Å²) >= 11 is 1.38. The van der Waals surface area contributed by atoms with Crippen molar-refractivity contribution in [2.24, 2.45) is 11.7 Å². The van der Waals surface area contributed by atoms with Crippen molar-refractivity contribution < 1.29 is 52.5 Å². The first-order chi connectivity index (χ1) is 32.2. The van der Waals surface area contributed by atoms with E-state index in [1.165, 1.54) is 11.8 Å². The third kappa shape index (κ3) is 10.8. The number of amides is 6. The number of benzene rings is 3. The van der Waals surface area contributed by atoms with Crippen molar-refractivity contribution in [1.82, 2.24) is 24.9 Å². The van der Waals surface area contributed by atoms with Crippen LogP contribution in [0.25, 0.3) is 11.3 Å². The topological polar surface area (TPSA) is 223 Å². The molecule has 3 aromatic carbocycles. The zero-order chi connectivity index (χ0) is 46.0. The lowest BCUT2D eigenvalue weighted by Crippen LogP contribution is -2.54. The van der Waals surface area contributed by atoms with Gasteiger partial charge in [-0.15, -0.1) is 11.8 Å². The lowest BCUT2D eigenvalue weighted by Gasteiger charge is -2.38. The van der Waals surface area contributed by atoms with Gasteiger partial charge in [-0.25, -0.2) is 4.68 Å². The molecule has 5 heterocycles. The fourth-order valence-electron chi connectivity index (χ4n) is 8.74. The predicted molar refractivity (Wildman–Crippen MR) is 241 cm³/mol. The maximum absolute atomic E-state index is 13.3. The Kier molecular flexibility index (Phi) is 15.4. The molecule has 2 atom stereocenters. The standard InChI is InChI=1S/C47H53N7O11S/c48-43(57)41-42(31-9-11-33(12-10-31)65-32-5-2-1-3-6-32)51-54-35(15-18-49-44(41)54)30-16-19-52(20-17-30)39(56)29-64-26-25-62-22-21-61-23-24-63-27-28-66-37-8-4-7-34-40(37)47(60)53(46(34)59)36-13-14-38(55)50-45(36)58/h1-12,30,35-36,49H,13-29H2,(H2,48,57)(H,50,55,58). The molecule has 0 aliphatic carbocycles. The van der Waals surface area contributed by atoms with Crippen LogP contribution in [0.15, 0.2) is 77.7 Å². The number of carbonyl (C=O) groups is 6. The van der Waals surface area contributed by atoms with E-state index in [0.717, 1.165) is 35.5 Å². The number of aromatic nitrogens is 2. The zero-order valence-corrected chi connectivity index (χ0v) is 37.3. The fraction of sp³-hybridized carbons (Fsp3) is 0.426. The molecular weight excluding hydrogens is 871 g/mol. The minimum Gasteiger partial charge on any atom is -0.457 e. The fourth-order valence-corrected chi connectivity index (χ4v) is 9.68. The summed E-state index contributed by atoms with van der Waals surface area (Å²) in [5.41, 5.74) is 8.10. The highest BCUT2D eigenvalue weighted by atomic mass is 32.2. The first-order valence-corrected chi connectivity index (χ1v) is 23.2. The van der Waals surface area contributed by atoms with E-state index < -0.39 is 35.6 Å². The van der Waals surface area contributed by atoms with Crippen LogP contribution in [0.3, 0.4) is 0 Å². The molecule has 19 heteroatoms. The molecule has 4 aliphatic rings. The van der Waals surface area contributed by atoms with Crippen LogP contribution in [0.1, 0.15) is 69.2 Å². The predicted octanol–water partition coefficient (Wildman–Crippen LogP) is 4.30. The van der Waals surface area contributed by atoms with Gasteiger partial charge >= 0.3 is 0 Å². The van der Waals surface area contributed by atoms with Gasteiger partial charge in [0.25, 0.3) is 17.7 Å². The molecule has 0 saturated carbocycles. The molecule has 2 unspecified atom stereocenters. The van der Waals surface area contributed by atoms with E-state index in [1.54, 1.807) is 18.2 Å². The summed E-state index contributed by atoms with van der Waals surface area (Å²) in [6.45, 7) is 4.28. The molecule has 8 rings (SSSR count). The zero-order valence-electron chi connectivity index (χ0n) is 36.4. The van der Waals surface area contributed by atoms with Crippen molar-refractivity contribution in [3.63, 3.8) is 0 Å².